The van der Waals surface area contributed by atoms with Gasteiger partial charge >= 0.3 is 0 Å². The Bertz CT molecular complexity index is 485. The van der Waals surface area contributed by atoms with Crippen molar-refractivity contribution in [1.29, 1.82) is 0 Å². The van der Waals surface area contributed by atoms with Crippen LogP contribution in [0.1, 0.15) is 5.82 Å². The minimum atomic E-state index is 0.766. The lowest BCUT2D eigenvalue weighted by Gasteiger charge is -2.04. The second-order valence-electron chi connectivity index (χ2n) is 2.96. The fourth-order valence-corrected chi connectivity index (χ4v) is 1.80. The smallest absolute Gasteiger partial charge is 0.135 e. The van der Waals surface area contributed by atoms with E-state index >= 15 is 0 Å². The zero-order chi connectivity index (χ0) is 10.1. The standard InChI is InChI=1S/C10H9BrN2O/c1-6-12-5-7-3-8(11)10(14-2)4-9(7)13-6/h3-5H,1-2H3. The van der Waals surface area contributed by atoms with Gasteiger partial charge in [0.15, 0.2) is 0 Å². The lowest BCUT2D eigenvalue weighted by Crippen LogP contribution is -1.90. The third-order valence-electron chi connectivity index (χ3n) is 1.97. The molecule has 3 nitrogen and oxygen atoms in total. The van der Waals surface area contributed by atoms with Crippen molar-refractivity contribution in [3.05, 3.63) is 28.6 Å². The van der Waals surface area contributed by atoms with Crippen molar-refractivity contribution in [2.24, 2.45) is 0 Å². The normalized spacial score (nSPS) is 10.5. The van der Waals surface area contributed by atoms with E-state index < -0.39 is 0 Å². The SMILES string of the molecule is COc1cc2nc(C)ncc2cc1Br. The Morgan fingerprint density at radius 3 is 2.86 bits per heavy atom. The van der Waals surface area contributed by atoms with Gasteiger partial charge in [0.05, 0.1) is 17.1 Å². The fraction of sp³-hybridized carbons (Fsp3) is 0.200. The first kappa shape index (κ1) is 9.40. The van der Waals surface area contributed by atoms with E-state index in [0.717, 1.165) is 26.9 Å². The first-order valence-electron chi connectivity index (χ1n) is 4.17. The Morgan fingerprint density at radius 1 is 1.36 bits per heavy atom. The minimum absolute atomic E-state index is 0.766. The van der Waals surface area contributed by atoms with E-state index in [1.807, 2.05) is 25.3 Å². The Labute approximate surface area is 90.3 Å². The molecule has 0 aliphatic heterocycles. The number of methoxy groups -OCH3 is 1. The molecule has 0 bridgehead atoms. The van der Waals surface area contributed by atoms with Gasteiger partial charge in [-0.15, -0.1) is 0 Å². The molecule has 0 fully saturated rings. The van der Waals surface area contributed by atoms with Crippen LogP contribution >= 0.6 is 15.9 Å². The van der Waals surface area contributed by atoms with Gasteiger partial charge in [-0.05, 0) is 28.9 Å². The predicted octanol–water partition coefficient (Wildman–Crippen LogP) is 2.71. The van der Waals surface area contributed by atoms with Crippen molar-refractivity contribution >= 4 is 26.8 Å². The number of rotatable bonds is 1. The Kier molecular flexibility index (Phi) is 2.37. The molecule has 0 atom stereocenters. The molecule has 1 aromatic heterocycles. The summed E-state index contributed by atoms with van der Waals surface area (Å²) in [5.74, 6) is 1.55. The summed E-state index contributed by atoms with van der Waals surface area (Å²) in [7, 11) is 1.64. The maximum absolute atomic E-state index is 5.19. The monoisotopic (exact) mass is 252 g/mol. The van der Waals surface area contributed by atoms with Gasteiger partial charge in [0.25, 0.3) is 0 Å². The second-order valence-corrected chi connectivity index (χ2v) is 3.82. The zero-order valence-corrected chi connectivity index (χ0v) is 9.50. The quantitative estimate of drug-likeness (QED) is 0.783. The van der Waals surface area contributed by atoms with Crippen LogP contribution in [0.2, 0.25) is 0 Å². The average molecular weight is 253 g/mol. The number of fused-ring (bicyclic) bond motifs is 1. The summed E-state index contributed by atoms with van der Waals surface area (Å²) in [6.07, 6.45) is 1.81. The zero-order valence-electron chi connectivity index (χ0n) is 7.91. The molecule has 2 aromatic rings. The van der Waals surface area contributed by atoms with Crippen LogP contribution in [0.25, 0.3) is 10.9 Å². The molecular weight excluding hydrogens is 244 g/mol. The first-order valence-corrected chi connectivity index (χ1v) is 4.97. The largest absolute Gasteiger partial charge is 0.495 e. The third-order valence-corrected chi connectivity index (χ3v) is 2.59. The molecule has 72 valence electrons. The van der Waals surface area contributed by atoms with Crippen molar-refractivity contribution in [3.8, 4) is 5.75 Å². The molecule has 0 aliphatic carbocycles. The van der Waals surface area contributed by atoms with Gasteiger partial charge in [-0.3, -0.25) is 0 Å². The van der Waals surface area contributed by atoms with Gasteiger partial charge in [-0.25, -0.2) is 9.97 Å². The van der Waals surface area contributed by atoms with Gasteiger partial charge in [0.1, 0.15) is 11.6 Å². The maximum Gasteiger partial charge on any atom is 0.135 e. The molecule has 0 unspecified atom stereocenters. The van der Waals surface area contributed by atoms with Crippen LogP contribution in [0.4, 0.5) is 0 Å². The van der Waals surface area contributed by atoms with Crippen LogP contribution in [-0.4, -0.2) is 17.1 Å². The maximum atomic E-state index is 5.19. The van der Waals surface area contributed by atoms with Crippen molar-refractivity contribution in [1.82, 2.24) is 9.97 Å². The van der Waals surface area contributed by atoms with Gasteiger partial charge in [0, 0.05) is 17.6 Å². The summed E-state index contributed by atoms with van der Waals surface area (Å²) < 4.78 is 6.10. The summed E-state index contributed by atoms with van der Waals surface area (Å²) in [4.78, 5) is 8.44. The van der Waals surface area contributed by atoms with E-state index in [1.165, 1.54) is 0 Å². The lowest BCUT2D eigenvalue weighted by molar-refractivity contribution is 0.412. The number of hydrogen-bond acceptors (Lipinski definition) is 3. The van der Waals surface area contributed by atoms with Crippen LogP contribution in [0.15, 0.2) is 22.8 Å². The van der Waals surface area contributed by atoms with E-state index in [0.29, 0.717) is 0 Å². The number of benzene rings is 1. The van der Waals surface area contributed by atoms with E-state index in [9.17, 15) is 0 Å². The van der Waals surface area contributed by atoms with Gasteiger partial charge in [-0.1, -0.05) is 0 Å². The Balaban J connectivity index is 2.73. The molecule has 4 heteroatoms. The van der Waals surface area contributed by atoms with E-state index in [2.05, 4.69) is 25.9 Å². The fourth-order valence-electron chi connectivity index (χ4n) is 1.28. The second kappa shape index (κ2) is 3.53. The number of nitrogens with zero attached hydrogens (tertiary/aromatic N) is 2. The molecule has 0 spiro atoms. The van der Waals surface area contributed by atoms with Crippen molar-refractivity contribution < 1.29 is 4.74 Å². The summed E-state index contributed by atoms with van der Waals surface area (Å²) in [5.41, 5.74) is 0.901. The summed E-state index contributed by atoms with van der Waals surface area (Å²) in [6, 6.07) is 3.85. The molecule has 14 heavy (non-hydrogen) atoms. The van der Waals surface area contributed by atoms with Crippen LogP contribution in [0.5, 0.6) is 5.75 Å². The molecule has 1 heterocycles. The molecule has 0 saturated carbocycles. The average Bonchev–Trinajstić information content (AvgIpc) is 2.17. The highest BCUT2D eigenvalue weighted by atomic mass is 79.9. The lowest BCUT2D eigenvalue weighted by atomic mass is 10.2. The van der Waals surface area contributed by atoms with Crippen molar-refractivity contribution in [3.63, 3.8) is 0 Å². The molecule has 2 rings (SSSR count). The number of ether oxygens (including phenoxy) is 1. The molecular formula is C10H9BrN2O. The highest BCUT2D eigenvalue weighted by Gasteiger charge is 2.03. The molecule has 0 radical (unpaired) electrons. The first-order chi connectivity index (χ1) is 6.70. The highest BCUT2D eigenvalue weighted by molar-refractivity contribution is 9.10. The van der Waals surface area contributed by atoms with Crippen LogP contribution in [-0.2, 0) is 0 Å². The molecule has 0 saturated heterocycles. The predicted molar refractivity (Wildman–Crippen MR) is 58.5 cm³/mol. The van der Waals surface area contributed by atoms with Gasteiger partial charge < -0.3 is 4.74 Å². The molecule has 0 aliphatic rings. The van der Waals surface area contributed by atoms with Gasteiger partial charge in [-0.2, -0.15) is 0 Å². The summed E-state index contributed by atoms with van der Waals surface area (Å²) in [6.45, 7) is 1.87. The molecule has 1 aromatic carbocycles. The molecule has 0 amide bonds. The highest BCUT2D eigenvalue weighted by Crippen LogP contribution is 2.28. The van der Waals surface area contributed by atoms with Gasteiger partial charge in [0.2, 0.25) is 0 Å². The third kappa shape index (κ3) is 1.57. The van der Waals surface area contributed by atoms with E-state index in [1.54, 1.807) is 7.11 Å². The number of hydrogen-bond donors (Lipinski definition) is 0. The number of aromatic nitrogens is 2. The van der Waals surface area contributed by atoms with Crippen LogP contribution in [0, 0.1) is 6.92 Å². The Hall–Kier alpha value is -1.16. The van der Waals surface area contributed by atoms with E-state index in [4.69, 9.17) is 4.74 Å². The number of aryl methyl sites for hydroxylation is 1. The topological polar surface area (TPSA) is 35.0 Å². The van der Waals surface area contributed by atoms with Crippen molar-refractivity contribution in [2.45, 2.75) is 6.92 Å². The van der Waals surface area contributed by atoms with Crippen LogP contribution < -0.4 is 4.74 Å². The van der Waals surface area contributed by atoms with E-state index in [-0.39, 0.29) is 0 Å². The van der Waals surface area contributed by atoms with Crippen LogP contribution in [0.3, 0.4) is 0 Å². The molecule has 0 N–H and O–H groups in total. The Morgan fingerprint density at radius 2 is 2.14 bits per heavy atom. The van der Waals surface area contributed by atoms with Crippen molar-refractivity contribution in [2.75, 3.05) is 7.11 Å². The number of halogens is 1. The summed E-state index contributed by atoms with van der Waals surface area (Å²) in [5, 5.41) is 1.00. The summed E-state index contributed by atoms with van der Waals surface area (Å²) >= 11 is 3.42. The minimum Gasteiger partial charge on any atom is -0.495 e.